The summed E-state index contributed by atoms with van der Waals surface area (Å²) in [6, 6.07) is 15.1. The molecule has 202 valence electrons. The van der Waals surface area contributed by atoms with Gasteiger partial charge >= 0.3 is 11.9 Å². The average Bonchev–Trinajstić information content (AvgIpc) is 2.89. The van der Waals surface area contributed by atoms with Crippen molar-refractivity contribution < 1.29 is 28.5 Å². The number of carbonyl (C=O) groups excluding carboxylic acids is 2. The van der Waals surface area contributed by atoms with Gasteiger partial charge in [-0.3, -0.25) is 0 Å². The van der Waals surface area contributed by atoms with E-state index in [2.05, 4.69) is 41.5 Å². The van der Waals surface area contributed by atoms with Gasteiger partial charge in [0.25, 0.3) is 0 Å². The summed E-state index contributed by atoms with van der Waals surface area (Å²) in [5.74, 6) is 0.149. The van der Waals surface area contributed by atoms with Gasteiger partial charge in [0, 0.05) is 22.3 Å². The molecular weight excluding hydrogens is 480 g/mol. The lowest BCUT2D eigenvalue weighted by Gasteiger charge is -2.24. The molecule has 0 radical (unpaired) electrons. The van der Waals surface area contributed by atoms with E-state index in [-0.39, 0.29) is 10.8 Å². The van der Waals surface area contributed by atoms with Crippen molar-refractivity contribution in [2.24, 2.45) is 0 Å². The van der Waals surface area contributed by atoms with Crippen LogP contribution in [0, 0.1) is 0 Å². The first-order chi connectivity index (χ1) is 17.8. The van der Waals surface area contributed by atoms with Crippen LogP contribution in [-0.2, 0) is 20.3 Å². The van der Waals surface area contributed by atoms with Crippen LogP contribution in [0.4, 0.5) is 0 Å². The third kappa shape index (κ3) is 5.69. The zero-order valence-corrected chi connectivity index (χ0v) is 24.1. The largest absolute Gasteiger partial charge is 0.496 e. The van der Waals surface area contributed by atoms with E-state index in [1.54, 1.807) is 26.4 Å². The van der Waals surface area contributed by atoms with Crippen molar-refractivity contribution in [2.45, 2.75) is 52.4 Å². The molecule has 0 atom stereocenters. The Labute approximate surface area is 225 Å². The lowest BCUT2D eigenvalue weighted by molar-refractivity contribution is 0.0592. The minimum absolute atomic E-state index is 0.149. The van der Waals surface area contributed by atoms with E-state index >= 15 is 0 Å². The minimum atomic E-state index is -0.448. The molecule has 0 bridgehead atoms. The molecular formula is C32H38O6. The lowest BCUT2D eigenvalue weighted by Crippen LogP contribution is -2.13. The highest BCUT2D eigenvalue weighted by Gasteiger charge is 2.26. The molecule has 0 fully saturated rings. The zero-order chi connectivity index (χ0) is 28.4. The van der Waals surface area contributed by atoms with E-state index in [9.17, 15) is 9.59 Å². The van der Waals surface area contributed by atoms with Crippen LogP contribution in [0.2, 0.25) is 0 Å². The Morgan fingerprint density at radius 2 is 0.868 bits per heavy atom. The van der Waals surface area contributed by atoms with Gasteiger partial charge in [0.2, 0.25) is 0 Å². The Balaban J connectivity index is 2.39. The van der Waals surface area contributed by atoms with Gasteiger partial charge in [0.05, 0.1) is 39.6 Å². The third-order valence-corrected chi connectivity index (χ3v) is 6.68. The van der Waals surface area contributed by atoms with Gasteiger partial charge in [0.15, 0.2) is 0 Å². The molecule has 0 spiro atoms. The first kappa shape index (κ1) is 28.8. The monoisotopic (exact) mass is 518 g/mol. The van der Waals surface area contributed by atoms with Gasteiger partial charge < -0.3 is 18.9 Å². The normalized spacial score (nSPS) is 11.6. The number of carbonyl (C=O) groups is 2. The number of methoxy groups -OCH3 is 4. The fraction of sp³-hybridized carbons (Fsp3) is 0.375. The van der Waals surface area contributed by atoms with Crippen LogP contribution in [0.3, 0.4) is 0 Å². The van der Waals surface area contributed by atoms with Crippen LogP contribution in [0.25, 0.3) is 22.3 Å². The summed E-state index contributed by atoms with van der Waals surface area (Å²) in [5.41, 5.74) is 5.32. The Hall–Kier alpha value is -3.80. The quantitative estimate of drug-likeness (QED) is 0.321. The van der Waals surface area contributed by atoms with Crippen LogP contribution >= 0.6 is 0 Å². The molecule has 0 aliphatic rings. The van der Waals surface area contributed by atoms with Crippen molar-refractivity contribution in [3.8, 4) is 33.8 Å². The predicted molar refractivity (Wildman–Crippen MR) is 150 cm³/mol. The van der Waals surface area contributed by atoms with E-state index in [4.69, 9.17) is 18.9 Å². The van der Waals surface area contributed by atoms with E-state index < -0.39 is 11.9 Å². The van der Waals surface area contributed by atoms with E-state index in [0.29, 0.717) is 44.9 Å². The summed E-state index contributed by atoms with van der Waals surface area (Å²) in [5, 5.41) is 0. The smallest absolute Gasteiger partial charge is 0.338 e. The molecule has 6 nitrogen and oxygen atoms in total. The van der Waals surface area contributed by atoms with Crippen LogP contribution < -0.4 is 9.47 Å². The summed E-state index contributed by atoms with van der Waals surface area (Å²) in [4.78, 5) is 25.5. The van der Waals surface area contributed by atoms with Crippen molar-refractivity contribution in [3.63, 3.8) is 0 Å². The van der Waals surface area contributed by atoms with Crippen molar-refractivity contribution in [1.82, 2.24) is 0 Å². The Morgan fingerprint density at radius 3 is 1.13 bits per heavy atom. The fourth-order valence-electron chi connectivity index (χ4n) is 4.36. The molecule has 0 amide bonds. The van der Waals surface area contributed by atoms with Crippen LogP contribution in [0.1, 0.15) is 73.4 Å². The predicted octanol–water partition coefficient (Wildman–Crippen LogP) is 7.21. The number of hydrogen-bond acceptors (Lipinski definition) is 6. The lowest BCUT2D eigenvalue weighted by atomic mass is 9.82. The van der Waals surface area contributed by atoms with Gasteiger partial charge in [-0.2, -0.15) is 0 Å². The average molecular weight is 519 g/mol. The number of ether oxygens (including phenoxy) is 4. The van der Waals surface area contributed by atoms with Gasteiger partial charge in [-0.1, -0.05) is 53.7 Å². The number of esters is 2. The first-order valence-corrected chi connectivity index (χ1v) is 12.5. The van der Waals surface area contributed by atoms with Crippen molar-refractivity contribution in [3.05, 3.63) is 70.8 Å². The standard InChI is InChI=1S/C32H38O6/c1-31(2,3)19-11-13-21(29(33)37-9)23(15-19)25-17-28(36-8)26(18-27(25)35-7)24-16-20(32(4,5)6)12-14-22(24)30(34)38-10/h11-18H,1-10H3. The molecule has 0 aliphatic carbocycles. The Bertz CT molecular complexity index is 1250. The second-order valence-electron chi connectivity index (χ2n) is 11.3. The molecule has 0 saturated carbocycles. The van der Waals surface area contributed by atoms with E-state index in [1.165, 1.54) is 14.2 Å². The van der Waals surface area contributed by atoms with Gasteiger partial charge in [-0.25, -0.2) is 9.59 Å². The summed E-state index contributed by atoms with van der Waals surface area (Å²) < 4.78 is 21.9. The molecule has 38 heavy (non-hydrogen) atoms. The first-order valence-electron chi connectivity index (χ1n) is 12.5. The fourth-order valence-corrected chi connectivity index (χ4v) is 4.36. The molecule has 0 saturated heterocycles. The van der Waals surface area contributed by atoms with Gasteiger partial charge in [0.1, 0.15) is 11.5 Å². The van der Waals surface area contributed by atoms with Crippen molar-refractivity contribution in [1.29, 1.82) is 0 Å². The number of benzene rings is 3. The van der Waals surface area contributed by atoms with Crippen LogP contribution in [-0.4, -0.2) is 40.4 Å². The Morgan fingerprint density at radius 1 is 0.526 bits per heavy atom. The molecule has 0 heterocycles. The van der Waals surface area contributed by atoms with E-state index in [0.717, 1.165) is 11.1 Å². The maximum absolute atomic E-state index is 12.7. The third-order valence-electron chi connectivity index (χ3n) is 6.68. The SMILES string of the molecule is COC(=O)c1ccc(C(C)(C)C)cc1-c1cc(OC)c(-c2cc(C(C)(C)C)ccc2C(=O)OC)cc1OC. The molecule has 0 unspecified atom stereocenters. The molecule has 3 rings (SSSR count). The molecule has 0 aliphatic heterocycles. The highest BCUT2D eigenvalue weighted by atomic mass is 16.5. The zero-order valence-electron chi connectivity index (χ0n) is 24.1. The highest BCUT2D eigenvalue weighted by molar-refractivity contribution is 6.01. The number of rotatable bonds is 6. The van der Waals surface area contributed by atoms with Crippen LogP contribution in [0.15, 0.2) is 48.5 Å². The summed E-state index contributed by atoms with van der Waals surface area (Å²) in [7, 11) is 5.88. The number of hydrogen-bond donors (Lipinski definition) is 0. The summed E-state index contributed by atoms with van der Waals surface area (Å²) >= 11 is 0. The maximum atomic E-state index is 12.7. The van der Waals surface area contributed by atoms with Crippen molar-refractivity contribution in [2.75, 3.05) is 28.4 Å². The Kier molecular flexibility index (Phi) is 8.25. The summed E-state index contributed by atoms with van der Waals surface area (Å²) in [6.07, 6.45) is 0. The molecule has 0 N–H and O–H groups in total. The highest BCUT2D eigenvalue weighted by Crippen LogP contribution is 2.44. The topological polar surface area (TPSA) is 71.1 Å². The van der Waals surface area contributed by atoms with Gasteiger partial charge in [-0.15, -0.1) is 0 Å². The second-order valence-corrected chi connectivity index (χ2v) is 11.3. The minimum Gasteiger partial charge on any atom is -0.496 e. The second kappa shape index (κ2) is 10.9. The van der Waals surface area contributed by atoms with Crippen LogP contribution in [0.5, 0.6) is 11.5 Å². The maximum Gasteiger partial charge on any atom is 0.338 e. The van der Waals surface area contributed by atoms with E-state index in [1.807, 2.05) is 36.4 Å². The summed E-state index contributed by atoms with van der Waals surface area (Å²) in [6.45, 7) is 12.7. The van der Waals surface area contributed by atoms with Crippen molar-refractivity contribution >= 4 is 11.9 Å². The van der Waals surface area contributed by atoms with Gasteiger partial charge in [-0.05, 0) is 58.4 Å². The molecule has 3 aromatic carbocycles. The molecule has 6 heteroatoms. The molecule has 3 aromatic rings. The molecule has 0 aromatic heterocycles.